The van der Waals surface area contributed by atoms with E-state index in [4.69, 9.17) is 0 Å². The molecule has 8 heteroatoms. The van der Waals surface area contributed by atoms with Crippen LogP contribution in [0.4, 0.5) is 0 Å². The summed E-state index contributed by atoms with van der Waals surface area (Å²) in [4.78, 5) is 0. The van der Waals surface area contributed by atoms with E-state index in [1.165, 1.54) is 41.5 Å². The molecule has 0 amide bonds. The fraction of sp³-hybridized carbons (Fsp3) is 1.00. The van der Waals surface area contributed by atoms with Crippen molar-refractivity contribution in [2.24, 2.45) is 0 Å². The molecule has 0 fully saturated rings. The van der Waals surface area contributed by atoms with Crippen molar-refractivity contribution in [1.82, 2.24) is 0 Å². The van der Waals surface area contributed by atoms with Gasteiger partial charge >= 0.3 is 34.1 Å². The topological polar surface area (TPSA) is 138 Å². The molecule has 0 N–H and O–H groups in total. The molecule has 0 saturated carbocycles. The summed E-state index contributed by atoms with van der Waals surface area (Å²) in [5.74, 6) is 0. The summed E-state index contributed by atoms with van der Waals surface area (Å²) in [5, 5.41) is 60.8. The van der Waals surface area contributed by atoms with Gasteiger partial charge in [0.15, 0.2) is 0 Å². The SMILES string of the molecule is CC([O-])CC(C)[O-].CC([O-])CC(C)[O-].CC([O-])CC(C)[O-].[Fe+3].[Fe+3]. The van der Waals surface area contributed by atoms with Crippen molar-refractivity contribution in [3.05, 3.63) is 0 Å². The molecule has 0 aromatic heterocycles. The van der Waals surface area contributed by atoms with Crippen LogP contribution < -0.4 is 30.6 Å². The zero-order valence-corrected chi connectivity index (χ0v) is 17.0. The van der Waals surface area contributed by atoms with Crippen LogP contribution in [0.25, 0.3) is 0 Å². The maximum absolute atomic E-state index is 10.1. The van der Waals surface area contributed by atoms with Crippen LogP contribution in [0.3, 0.4) is 0 Å². The first kappa shape index (κ1) is 35.0. The van der Waals surface area contributed by atoms with Crippen LogP contribution in [0.15, 0.2) is 0 Å². The van der Waals surface area contributed by atoms with Gasteiger partial charge in [-0.25, -0.2) is 0 Å². The van der Waals surface area contributed by atoms with Crippen molar-refractivity contribution in [3.8, 4) is 0 Å². The maximum Gasteiger partial charge on any atom is 3.00 e. The second-order valence-electron chi connectivity index (χ2n) is 5.57. The van der Waals surface area contributed by atoms with E-state index < -0.39 is 36.6 Å². The minimum atomic E-state index is -0.688. The van der Waals surface area contributed by atoms with Crippen molar-refractivity contribution in [3.63, 3.8) is 0 Å². The Morgan fingerprint density at radius 3 is 0.478 bits per heavy atom. The largest absolute Gasteiger partial charge is 3.00 e. The summed E-state index contributed by atoms with van der Waals surface area (Å²) < 4.78 is 0. The molecule has 142 valence electrons. The van der Waals surface area contributed by atoms with Crippen LogP contribution in [-0.2, 0) is 34.1 Å². The molecule has 6 nitrogen and oxygen atoms in total. The van der Waals surface area contributed by atoms with E-state index in [0.717, 1.165) is 0 Å². The van der Waals surface area contributed by atoms with Crippen LogP contribution in [0.1, 0.15) is 60.8 Å². The van der Waals surface area contributed by atoms with Gasteiger partial charge in [-0.15, -0.1) is 36.6 Å². The van der Waals surface area contributed by atoms with Crippen molar-refractivity contribution in [2.45, 2.75) is 97.4 Å². The molecule has 0 saturated heterocycles. The molecule has 0 heterocycles. The first-order valence-electron chi connectivity index (χ1n) is 7.33. The Labute approximate surface area is 162 Å². The summed E-state index contributed by atoms with van der Waals surface area (Å²) in [6, 6.07) is 0. The predicted molar refractivity (Wildman–Crippen MR) is 70.6 cm³/mol. The summed E-state index contributed by atoms with van der Waals surface area (Å²) in [7, 11) is 0. The molecule has 23 heavy (non-hydrogen) atoms. The van der Waals surface area contributed by atoms with Gasteiger partial charge in [-0.1, -0.05) is 60.8 Å². The zero-order chi connectivity index (χ0) is 17.6. The number of hydrogen-bond donors (Lipinski definition) is 0. The smallest absolute Gasteiger partial charge is 0.852 e. The molecule has 0 aliphatic heterocycles. The molecular weight excluding hydrogens is 388 g/mol. The van der Waals surface area contributed by atoms with Gasteiger partial charge < -0.3 is 30.6 Å². The van der Waals surface area contributed by atoms with Crippen LogP contribution in [0.2, 0.25) is 0 Å². The molecule has 0 aromatic rings. The normalized spacial score (nSPS) is 17.2. The molecule has 0 aromatic carbocycles. The Hall–Kier alpha value is 0.799. The molecule has 0 spiro atoms. The van der Waals surface area contributed by atoms with Crippen molar-refractivity contribution in [1.29, 1.82) is 0 Å². The van der Waals surface area contributed by atoms with Gasteiger partial charge in [-0.3, -0.25) is 0 Å². The van der Waals surface area contributed by atoms with Crippen molar-refractivity contribution in [2.75, 3.05) is 0 Å². The Morgan fingerprint density at radius 2 is 0.478 bits per heavy atom. The molecule has 0 bridgehead atoms. The van der Waals surface area contributed by atoms with Crippen LogP contribution in [0.5, 0.6) is 0 Å². The third kappa shape index (κ3) is 60.2. The van der Waals surface area contributed by atoms with Gasteiger partial charge in [-0.05, 0) is 0 Å². The van der Waals surface area contributed by atoms with Crippen LogP contribution in [-0.4, -0.2) is 36.6 Å². The second-order valence-corrected chi connectivity index (χ2v) is 5.57. The van der Waals surface area contributed by atoms with Crippen molar-refractivity contribution < 1.29 is 64.8 Å². The van der Waals surface area contributed by atoms with Crippen LogP contribution in [0, 0.1) is 0 Å². The molecule has 0 aliphatic rings. The average Bonchev–Trinajstić information content (AvgIpc) is 2.10. The zero-order valence-electron chi connectivity index (χ0n) is 14.7. The van der Waals surface area contributed by atoms with E-state index in [1.807, 2.05) is 0 Å². The Balaban J connectivity index is -0.0000000675. The minimum absolute atomic E-state index is 0. The predicted octanol–water partition coefficient (Wildman–Crippen LogP) is -3.38. The summed E-state index contributed by atoms with van der Waals surface area (Å²) >= 11 is 0. The molecule has 0 rings (SSSR count). The Morgan fingerprint density at radius 1 is 0.391 bits per heavy atom. The second kappa shape index (κ2) is 22.8. The van der Waals surface area contributed by atoms with E-state index in [1.54, 1.807) is 0 Å². The first-order chi connectivity index (χ1) is 9.38. The van der Waals surface area contributed by atoms with Gasteiger partial charge in [0.25, 0.3) is 0 Å². The number of rotatable bonds is 6. The molecular formula is C15H30Fe2O6. The Kier molecular flexibility index (Phi) is 34.7. The first-order valence-corrected chi connectivity index (χ1v) is 7.33. The van der Waals surface area contributed by atoms with Crippen LogP contribution >= 0.6 is 0 Å². The maximum atomic E-state index is 10.1. The average molecular weight is 418 g/mol. The molecule has 6 unspecified atom stereocenters. The van der Waals surface area contributed by atoms with E-state index in [-0.39, 0.29) is 53.4 Å². The van der Waals surface area contributed by atoms with E-state index in [2.05, 4.69) is 0 Å². The minimum Gasteiger partial charge on any atom is -0.852 e. The number of hydrogen-bond acceptors (Lipinski definition) is 6. The van der Waals surface area contributed by atoms with Gasteiger partial charge in [0.05, 0.1) is 0 Å². The monoisotopic (exact) mass is 418 g/mol. The summed E-state index contributed by atoms with van der Waals surface area (Å²) in [5.41, 5.74) is 0. The van der Waals surface area contributed by atoms with Gasteiger partial charge in [0.2, 0.25) is 0 Å². The molecule has 2 radical (unpaired) electrons. The standard InChI is InChI=1S/3C5H10O2.2Fe/c3*1-4(6)3-5(2)7;;/h3*4-5H,3H2,1-2H3;;/q3*-2;2*+3. The summed E-state index contributed by atoms with van der Waals surface area (Å²) in [6.07, 6.45) is -3.38. The Bertz CT molecular complexity index is 149. The quantitative estimate of drug-likeness (QED) is 0.413. The fourth-order valence-corrected chi connectivity index (χ4v) is 1.40. The van der Waals surface area contributed by atoms with Gasteiger partial charge in [-0.2, -0.15) is 0 Å². The molecule has 0 aliphatic carbocycles. The third-order valence-corrected chi connectivity index (χ3v) is 1.99. The van der Waals surface area contributed by atoms with E-state index in [0.29, 0.717) is 0 Å². The molecule has 6 atom stereocenters. The van der Waals surface area contributed by atoms with Gasteiger partial charge in [0, 0.05) is 0 Å². The fourth-order valence-electron chi connectivity index (χ4n) is 1.40. The van der Waals surface area contributed by atoms with Crippen molar-refractivity contribution >= 4 is 0 Å². The van der Waals surface area contributed by atoms with Gasteiger partial charge in [0.1, 0.15) is 0 Å². The van der Waals surface area contributed by atoms with E-state index >= 15 is 0 Å². The third-order valence-electron chi connectivity index (χ3n) is 1.99. The van der Waals surface area contributed by atoms with E-state index in [9.17, 15) is 30.6 Å². The summed E-state index contributed by atoms with van der Waals surface area (Å²) in [6.45, 7) is 9.05.